The van der Waals surface area contributed by atoms with Crippen molar-refractivity contribution in [3.05, 3.63) is 135 Å². The van der Waals surface area contributed by atoms with Crippen molar-refractivity contribution >= 4 is 45.1 Å². The zero-order valence-electron chi connectivity index (χ0n) is 31.4. The Hall–Kier alpha value is -4.10. The highest BCUT2D eigenvalue weighted by atomic mass is 35.5. The van der Waals surface area contributed by atoms with Gasteiger partial charge in [0.2, 0.25) is 0 Å². The Balaban J connectivity index is 0.000000214. The first-order chi connectivity index (χ1) is 25.8. The maximum Gasteiger partial charge on any atom is 0.406 e. The highest BCUT2D eigenvalue weighted by Gasteiger charge is 2.55. The Bertz CT molecular complexity index is 2280. The predicted octanol–water partition coefficient (Wildman–Crippen LogP) is 12.1. The van der Waals surface area contributed by atoms with E-state index in [-0.39, 0.29) is 35.1 Å². The number of nitrogens with one attached hydrogen (secondary N) is 1. The average Bonchev–Trinajstić information content (AvgIpc) is 3.67. The number of rotatable bonds is 10. The van der Waals surface area contributed by atoms with Gasteiger partial charge in [0.1, 0.15) is 32.8 Å². The summed E-state index contributed by atoms with van der Waals surface area (Å²) in [5.74, 6) is -0.428. The molecular formula is C42H43Cl2F7N4O. The van der Waals surface area contributed by atoms with Gasteiger partial charge in [0.25, 0.3) is 0 Å². The van der Waals surface area contributed by atoms with Gasteiger partial charge in [-0.1, -0.05) is 99.4 Å². The van der Waals surface area contributed by atoms with Crippen LogP contribution in [0, 0.1) is 12.7 Å². The smallest absolute Gasteiger partial charge is 0.406 e. The molecule has 14 heteroatoms. The van der Waals surface area contributed by atoms with Crippen LogP contribution in [0.25, 0.3) is 21.9 Å². The molecule has 3 aromatic carbocycles. The van der Waals surface area contributed by atoms with E-state index in [1.165, 1.54) is 42.7 Å². The number of aryl methyl sites for hydroxylation is 1. The van der Waals surface area contributed by atoms with Crippen molar-refractivity contribution in [2.45, 2.75) is 94.6 Å². The van der Waals surface area contributed by atoms with E-state index in [0.717, 1.165) is 21.9 Å². The lowest BCUT2D eigenvalue weighted by Crippen LogP contribution is -2.58. The van der Waals surface area contributed by atoms with Crippen molar-refractivity contribution in [1.82, 2.24) is 9.97 Å². The van der Waals surface area contributed by atoms with E-state index in [2.05, 4.69) is 9.97 Å². The monoisotopic (exact) mass is 822 g/mol. The van der Waals surface area contributed by atoms with Crippen molar-refractivity contribution in [2.75, 3.05) is 0 Å². The molecule has 0 radical (unpaired) electrons. The van der Waals surface area contributed by atoms with Gasteiger partial charge in [-0.05, 0) is 90.1 Å². The number of aromatic nitrogens is 2. The summed E-state index contributed by atoms with van der Waals surface area (Å²) in [7, 11) is 0. The Morgan fingerprint density at radius 2 is 1.29 bits per heavy atom. The molecule has 0 spiro atoms. The number of nitrogens with two attached hydrogens (primary N) is 2. The van der Waals surface area contributed by atoms with E-state index in [1.54, 1.807) is 52.8 Å². The van der Waals surface area contributed by atoms with Crippen LogP contribution < -0.4 is 11.5 Å². The molecular weight excluding hydrogens is 780 g/mol. The van der Waals surface area contributed by atoms with Gasteiger partial charge in [-0.15, -0.1) is 0 Å². The lowest BCUT2D eigenvalue weighted by molar-refractivity contribution is -0.191. The highest BCUT2D eigenvalue weighted by molar-refractivity contribution is 6.32. The summed E-state index contributed by atoms with van der Waals surface area (Å²) in [6.07, 6.45) is -9.26. The maximum atomic E-state index is 14.1. The van der Waals surface area contributed by atoms with Crippen LogP contribution in [0.2, 0.25) is 10.3 Å². The fraction of sp³-hybridized carbons (Fsp3) is 0.357. The minimum Gasteiger partial charge on any atom is -0.464 e. The zero-order chi connectivity index (χ0) is 41.5. The largest absolute Gasteiger partial charge is 0.464 e. The summed E-state index contributed by atoms with van der Waals surface area (Å²) in [5.41, 5.74) is 9.44. The van der Waals surface area contributed by atoms with Gasteiger partial charge in [-0.25, -0.2) is 9.37 Å². The van der Waals surface area contributed by atoms with Crippen molar-refractivity contribution in [1.29, 1.82) is 0 Å². The number of benzene rings is 3. The number of aromatic amines is 1. The molecule has 0 aliphatic carbocycles. The van der Waals surface area contributed by atoms with Crippen LogP contribution in [-0.2, 0) is 23.7 Å². The molecule has 5 nitrogen and oxygen atoms in total. The second-order valence-electron chi connectivity index (χ2n) is 15.8. The molecule has 0 aliphatic rings. The number of halogens is 9. The number of alkyl halides is 6. The van der Waals surface area contributed by atoms with Crippen molar-refractivity contribution in [3.63, 3.8) is 0 Å². The molecule has 0 aliphatic heterocycles. The SMILES string of the molecule is CC(C)(CC(N)(Cc1cc(Cl)nc(Cl)c1)C(F)(F)F)c1cccc2ccoc12.Cc1c(CC(N)(CC(C)(C)c2ccc(F)cc2)C(F)(F)F)[nH]c2ccccc12. The number of furan rings is 1. The summed E-state index contributed by atoms with van der Waals surface area (Å²) in [4.78, 5) is 6.87. The first kappa shape index (κ1) is 43.0. The fourth-order valence-corrected chi connectivity index (χ4v) is 8.04. The second-order valence-corrected chi connectivity index (χ2v) is 16.6. The molecule has 300 valence electrons. The number of H-pyrrole nitrogens is 1. The molecule has 3 aromatic heterocycles. The molecule has 3 heterocycles. The van der Waals surface area contributed by atoms with Crippen molar-refractivity contribution in [2.24, 2.45) is 11.5 Å². The molecule has 2 atom stereocenters. The summed E-state index contributed by atoms with van der Waals surface area (Å²) >= 11 is 11.7. The van der Waals surface area contributed by atoms with Crippen LogP contribution in [0.5, 0.6) is 0 Å². The van der Waals surface area contributed by atoms with Gasteiger partial charge in [0.05, 0.1) is 6.26 Å². The molecule has 5 N–H and O–H groups in total. The molecule has 2 unspecified atom stereocenters. The van der Waals surface area contributed by atoms with Crippen LogP contribution in [0.4, 0.5) is 30.7 Å². The van der Waals surface area contributed by atoms with Gasteiger partial charge >= 0.3 is 12.4 Å². The van der Waals surface area contributed by atoms with E-state index < -0.39 is 46.5 Å². The maximum absolute atomic E-state index is 14.1. The first-order valence-electron chi connectivity index (χ1n) is 17.7. The Kier molecular flexibility index (Phi) is 12.1. The van der Waals surface area contributed by atoms with Gasteiger partial charge in [0, 0.05) is 34.0 Å². The molecule has 0 amide bonds. The van der Waals surface area contributed by atoms with E-state index in [4.69, 9.17) is 39.1 Å². The van der Waals surface area contributed by atoms with Gasteiger partial charge in [-0.3, -0.25) is 0 Å². The number of hydrogen-bond acceptors (Lipinski definition) is 4. The first-order valence-corrected chi connectivity index (χ1v) is 18.4. The normalized spacial score (nSPS) is 15.0. The molecule has 6 aromatic rings. The minimum absolute atomic E-state index is 0.0200. The number of nitrogens with zero attached hydrogens (tertiary/aromatic N) is 1. The van der Waals surface area contributed by atoms with E-state index in [9.17, 15) is 30.7 Å². The third kappa shape index (κ3) is 9.36. The number of para-hydroxylation sites is 2. The third-order valence-corrected chi connectivity index (χ3v) is 10.8. The minimum atomic E-state index is -4.65. The van der Waals surface area contributed by atoms with Crippen molar-refractivity contribution in [3.8, 4) is 0 Å². The average molecular weight is 824 g/mol. The summed E-state index contributed by atoms with van der Waals surface area (Å²) in [5, 5.41) is 1.76. The summed E-state index contributed by atoms with van der Waals surface area (Å²) < 4.78 is 103. The topological polar surface area (TPSA) is 93.9 Å². The Morgan fingerprint density at radius 1 is 0.714 bits per heavy atom. The fourth-order valence-electron chi connectivity index (χ4n) is 7.54. The van der Waals surface area contributed by atoms with E-state index >= 15 is 0 Å². The molecule has 56 heavy (non-hydrogen) atoms. The molecule has 0 bridgehead atoms. The van der Waals surface area contributed by atoms with Gasteiger partial charge in [0.15, 0.2) is 0 Å². The van der Waals surface area contributed by atoms with Crippen LogP contribution in [0.1, 0.15) is 68.5 Å². The molecule has 0 saturated carbocycles. The van der Waals surface area contributed by atoms with Gasteiger partial charge < -0.3 is 20.9 Å². The van der Waals surface area contributed by atoms with Crippen LogP contribution in [-0.4, -0.2) is 33.4 Å². The zero-order valence-corrected chi connectivity index (χ0v) is 32.9. The molecule has 6 rings (SSSR count). The summed E-state index contributed by atoms with van der Waals surface area (Å²) in [6.45, 7) is 8.65. The summed E-state index contributed by atoms with van der Waals surface area (Å²) in [6, 6.07) is 22.8. The van der Waals surface area contributed by atoms with E-state index in [1.807, 2.05) is 30.3 Å². The Labute approximate surface area is 330 Å². The van der Waals surface area contributed by atoms with Crippen molar-refractivity contribution < 1.29 is 35.2 Å². The van der Waals surface area contributed by atoms with Gasteiger partial charge in [-0.2, -0.15) is 26.3 Å². The standard InChI is InChI=1S/C22H24F4N2.C20H19Cl2F3N2O/c1-14-17-6-4-5-7-18(17)28-19(14)12-21(27,22(24,25)26)13-20(2,3)15-8-10-16(23)11-9-15;1-18(2,14-5-3-4-13-6-7-28-17(13)14)11-19(26,20(23,24)25)10-12-8-15(21)27-16(22)9-12/h4-11,28H,12-13,27H2,1-3H3;3-9H,10-11,26H2,1-2H3. The highest BCUT2D eigenvalue weighted by Crippen LogP contribution is 2.44. The number of hydrogen-bond donors (Lipinski definition) is 3. The lowest BCUT2D eigenvalue weighted by atomic mass is 9.71. The molecule has 0 fully saturated rings. The van der Waals surface area contributed by atoms with Crippen LogP contribution >= 0.6 is 23.2 Å². The Morgan fingerprint density at radius 3 is 1.88 bits per heavy atom. The van der Waals surface area contributed by atoms with Crippen LogP contribution in [0.15, 0.2) is 95.6 Å². The number of pyridine rings is 1. The second kappa shape index (κ2) is 15.7. The predicted molar refractivity (Wildman–Crippen MR) is 209 cm³/mol. The quantitative estimate of drug-likeness (QED) is 0.0947. The van der Waals surface area contributed by atoms with Crippen LogP contribution in [0.3, 0.4) is 0 Å². The lowest BCUT2D eigenvalue weighted by Gasteiger charge is -2.39. The third-order valence-electron chi connectivity index (χ3n) is 10.4. The number of fused-ring (bicyclic) bond motifs is 2. The van der Waals surface area contributed by atoms with E-state index in [0.29, 0.717) is 22.4 Å². The molecule has 0 saturated heterocycles.